The van der Waals surface area contributed by atoms with Gasteiger partial charge in [0.25, 0.3) is 0 Å². The maximum Gasteiger partial charge on any atom is 0.335 e. The molecule has 0 spiro atoms. The van der Waals surface area contributed by atoms with Crippen LogP contribution in [0.2, 0.25) is 0 Å². The monoisotopic (exact) mass is 285 g/mol. The van der Waals surface area contributed by atoms with Gasteiger partial charge in [-0.3, -0.25) is 0 Å². The minimum absolute atomic E-state index is 0.0293. The third-order valence-corrected chi connectivity index (χ3v) is 2.86. The van der Waals surface area contributed by atoms with Crippen molar-refractivity contribution in [2.75, 3.05) is 6.54 Å². The number of benzene rings is 2. The summed E-state index contributed by atoms with van der Waals surface area (Å²) in [5, 5.41) is 26.5. The van der Waals surface area contributed by atoms with Gasteiger partial charge in [0.05, 0.1) is 11.3 Å². The summed E-state index contributed by atoms with van der Waals surface area (Å²) in [5.41, 5.74) is 7.49. The Bertz CT molecular complexity index is 666. The SMILES string of the molecule is NCCc1ccc(O)c(N=Nc2ccc(C(=O)O)cc2)c1. The van der Waals surface area contributed by atoms with Crippen LogP contribution in [0, 0.1) is 0 Å². The van der Waals surface area contributed by atoms with E-state index in [2.05, 4.69) is 10.2 Å². The minimum atomic E-state index is -0.995. The van der Waals surface area contributed by atoms with E-state index in [0.29, 0.717) is 24.3 Å². The molecule has 0 saturated heterocycles. The van der Waals surface area contributed by atoms with Gasteiger partial charge in [-0.15, -0.1) is 5.11 Å². The summed E-state index contributed by atoms with van der Waals surface area (Å²) in [5.74, 6) is -0.965. The van der Waals surface area contributed by atoms with Gasteiger partial charge in [-0.2, -0.15) is 5.11 Å². The van der Waals surface area contributed by atoms with Crippen molar-refractivity contribution in [2.24, 2.45) is 16.0 Å². The second-order valence-electron chi connectivity index (χ2n) is 4.41. The van der Waals surface area contributed by atoms with Gasteiger partial charge >= 0.3 is 5.97 Å². The van der Waals surface area contributed by atoms with Crippen LogP contribution in [-0.2, 0) is 6.42 Å². The molecule has 0 radical (unpaired) electrons. The summed E-state index contributed by atoms with van der Waals surface area (Å²) in [6.45, 7) is 0.512. The molecule has 2 aromatic carbocycles. The molecule has 0 unspecified atom stereocenters. The van der Waals surface area contributed by atoms with Crippen LogP contribution in [0.1, 0.15) is 15.9 Å². The Hall–Kier alpha value is -2.73. The number of hydrogen-bond acceptors (Lipinski definition) is 5. The molecule has 0 fully saturated rings. The second-order valence-corrected chi connectivity index (χ2v) is 4.41. The Labute approximate surface area is 121 Å². The summed E-state index contributed by atoms with van der Waals surface area (Å²) in [7, 11) is 0. The number of carbonyl (C=O) groups is 1. The van der Waals surface area contributed by atoms with E-state index in [1.165, 1.54) is 12.1 Å². The van der Waals surface area contributed by atoms with E-state index in [1.54, 1.807) is 30.3 Å². The molecule has 0 heterocycles. The van der Waals surface area contributed by atoms with Crippen LogP contribution in [0.3, 0.4) is 0 Å². The van der Waals surface area contributed by atoms with Crippen LogP contribution < -0.4 is 5.73 Å². The summed E-state index contributed by atoms with van der Waals surface area (Å²) in [4.78, 5) is 10.7. The van der Waals surface area contributed by atoms with E-state index in [4.69, 9.17) is 10.8 Å². The number of phenols is 1. The van der Waals surface area contributed by atoms with Crippen molar-refractivity contribution in [3.8, 4) is 5.75 Å². The summed E-state index contributed by atoms with van der Waals surface area (Å²) in [6, 6.07) is 11.0. The van der Waals surface area contributed by atoms with Crippen LogP contribution in [0.25, 0.3) is 0 Å². The van der Waals surface area contributed by atoms with Crippen LogP contribution >= 0.6 is 0 Å². The summed E-state index contributed by atoms with van der Waals surface area (Å²) in [6.07, 6.45) is 0.691. The Kier molecular flexibility index (Phi) is 4.63. The Morgan fingerprint density at radius 2 is 1.81 bits per heavy atom. The standard InChI is InChI=1S/C15H15N3O3/c16-8-7-10-1-6-14(19)13(9-10)18-17-12-4-2-11(3-5-12)15(20)21/h1-6,9,19H,7-8,16H2,(H,20,21). The summed E-state index contributed by atoms with van der Waals surface area (Å²) >= 11 is 0. The zero-order chi connectivity index (χ0) is 15.2. The lowest BCUT2D eigenvalue weighted by Crippen LogP contribution is -2.02. The largest absolute Gasteiger partial charge is 0.506 e. The van der Waals surface area contributed by atoms with Crippen LogP contribution in [0.15, 0.2) is 52.7 Å². The first kappa shape index (κ1) is 14.7. The quantitative estimate of drug-likeness (QED) is 0.733. The van der Waals surface area contributed by atoms with Crippen molar-refractivity contribution >= 4 is 17.3 Å². The zero-order valence-corrected chi connectivity index (χ0v) is 11.2. The Balaban J connectivity index is 2.20. The van der Waals surface area contributed by atoms with Crippen molar-refractivity contribution in [3.05, 3.63) is 53.6 Å². The number of azo groups is 1. The molecule has 0 aliphatic rings. The molecule has 0 aromatic heterocycles. The van der Waals surface area contributed by atoms with Gasteiger partial charge in [-0.1, -0.05) is 6.07 Å². The number of hydrogen-bond donors (Lipinski definition) is 3. The van der Waals surface area contributed by atoms with E-state index in [1.807, 2.05) is 0 Å². The minimum Gasteiger partial charge on any atom is -0.506 e. The van der Waals surface area contributed by atoms with Crippen molar-refractivity contribution in [1.82, 2.24) is 0 Å². The first-order valence-corrected chi connectivity index (χ1v) is 6.37. The maximum absolute atomic E-state index is 10.7. The number of rotatable bonds is 5. The van der Waals surface area contributed by atoms with Gasteiger partial charge in [-0.25, -0.2) is 4.79 Å². The number of nitrogens with zero attached hydrogens (tertiary/aromatic N) is 2. The first-order chi connectivity index (χ1) is 10.1. The summed E-state index contributed by atoms with van der Waals surface area (Å²) < 4.78 is 0. The fourth-order valence-electron chi connectivity index (χ4n) is 1.75. The molecule has 0 atom stereocenters. The van der Waals surface area contributed by atoms with Gasteiger partial charge in [0, 0.05) is 0 Å². The van der Waals surface area contributed by atoms with Gasteiger partial charge in [0.15, 0.2) is 0 Å². The van der Waals surface area contributed by atoms with E-state index in [-0.39, 0.29) is 11.3 Å². The predicted octanol–water partition coefficient (Wildman–Crippen LogP) is 3.01. The molecule has 0 saturated carbocycles. The topological polar surface area (TPSA) is 108 Å². The van der Waals surface area contributed by atoms with Gasteiger partial charge in [-0.05, 0) is 54.9 Å². The second kappa shape index (κ2) is 6.62. The fraction of sp³-hybridized carbons (Fsp3) is 0.133. The lowest BCUT2D eigenvalue weighted by atomic mass is 10.1. The van der Waals surface area contributed by atoms with E-state index in [0.717, 1.165) is 5.56 Å². The van der Waals surface area contributed by atoms with Crippen LogP contribution in [0.4, 0.5) is 11.4 Å². The molecule has 0 amide bonds. The first-order valence-electron chi connectivity index (χ1n) is 6.37. The van der Waals surface area contributed by atoms with Gasteiger partial charge < -0.3 is 15.9 Å². The number of carboxylic acid groups (broad SMARTS) is 1. The third-order valence-electron chi connectivity index (χ3n) is 2.86. The Morgan fingerprint density at radius 1 is 1.10 bits per heavy atom. The van der Waals surface area contributed by atoms with E-state index in [9.17, 15) is 9.90 Å². The molecule has 2 aromatic rings. The van der Waals surface area contributed by atoms with Gasteiger partial charge in [0.1, 0.15) is 11.4 Å². The highest BCUT2D eigenvalue weighted by Crippen LogP contribution is 2.29. The number of aromatic hydroxyl groups is 1. The highest BCUT2D eigenvalue weighted by molar-refractivity contribution is 5.87. The Morgan fingerprint density at radius 3 is 2.43 bits per heavy atom. The van der Waals surface area contributed by atoms with Crippen molar-refractivity contribution in [2.45, 2.75) is 6.42 Å². The lowest BCUT2D eigenvalue weighted by Gasteiger charge is -2.02. The van der Waals surface area contributed by atoms with E-state index >= 15 is 0 Å². The molecular weight excluding hydrogens is 270 g/mol. The van der Waals surface area contributed by atoms with Gasteiger partial charge in [0.2, 0.25) is 0 Å². The number of phenolic OH excluding ortho intramolecular Hbond substituents is 1. The molecule has 0 aliphatic heterocycles. The molecule has 2 rings (SSSR count). The van der Waals surface area contributed by atoms with Crippen molar-refractivity contribution in [1.29, 1.82) is 0 Å². The fourth-order valence-corrected chi connectivity index (χ4v) is 1.75. The van der Waals surface area contributed by atoms with Crippen molar-refractivity contribution < 1.29 is 15.0 Å². The molecule has 108 valence electrons. The maximum atomic E-state index is 10.7. The average Bonchev–Trinajstić information content (AvgIpc) is 2.48. The van der Waals surface area contributed by atoms with Crippen molar-refractivity contribution in [3.63, 3.8) is 0 Å². The molecule has 0 bridgehead atoms. The van der Waals surface area contributed by atoms with Crippen LogP contribution in [0.5, 0.6) is 5.75 Å². The highest BCUT2D eigenvalue weighted by Gasteiger charge is 2.03. The molecule has 21 heavy (non-hydrogen) atoms. The number of aromatic carboxylic acids is 1. The van der Waals surface area contributed by atoms with E-state index < -0.39 is 5.97 Å². The third kappa shape index (κ3) is 3.87. The smallest absolute Gasteiger partial charge is 0.335 e. The number of carboxylic acids is 1. The normalized spacial score (nSPS) is 10.9. The average molecular weight is 285 g/mol. The molecular formula is C15H15N3O3. The molecule has 4 N–H and O–H groups in total. The number of nitrogens with two attached hydrogens (primary N) is 1. The molecule has 6 nitrogen and oxygen atoms in total. The lowest BCUT2D eigenvalue weighted by molar-refractivity contribution is 0.0697. The molecule has 6 heteroatoms. The predicted molar refractivity (Wildman–Crippen MR) is 78.4 cm³/mol. The zero-order valence-electron chi connectivity index (χ0n) is 11.2. The molecule has 0 aliphatic carbocycles. The van der Waals surface area contributed by atoms with Crippen LogP contribution in [-0.4, -0.2) is 22.7 Å². The highest BCUT2D eigenvalue weighted by atomic mass is 16.4.